The molecule has 1 N–H and O–H groups in total. The highest BCUT2D eigenvalue weighted by molar-refractivity contribution is 7.99. The Hall–Kier alpha value is -0.870. The smallest absolute Gasteiger partial charge is 0.188 e. The summed E-state index contributed by atoms with van der Waals surface area (Å²) in [5.41, 5.74) is 3.23. The van der Waals surface area contributed by atoms with Crippen molar-refractivity contribution in [1.82, 2.24) is 15.3 Å². The Kier molecular flexibility index (Phi) is 6.22. The minimum Gasteiger partial charge on any atom is -0.313 e. The Balaban J connectivity index is 2.36. The fourth-order valence-electron chi connectivity index (χ4n) is 1.42. The van der Waals surface area contributed by atoms with Crippen LogP contribution in [-0.2, 0) is 0 Å². The topological polar surface area (TPSA) is 37.8 Å². The summed E-state index contributed by atoms with van der Waals surface area (Å²) in [5.74, 6) is 0.875. The first-order valence-electron chi connectivity index (χ1n) is 5.94. The molecule has 94 valence electrons. The number of thioether (sulfide) groups is 1. The van der Waals surface area contributed by atoms with Crippen molar-refractivity contribution in [2.45, 2.75) is 32.3 Å². The third-order valence-electron chi connectivity index (χ3n) is 2.17. The summed E-state index contributed by atoms with van der Waals surface area (Å²) in [5, 5.41) is 4.19. The van der Waals surface area contributed by atoms with Crippen molar-refractivity contribution in [2.24, 2.45) is 0 Å². The zero-order chi connectivity index (χ0) is 12.7. The molecular formula is C13H21N3S. The molecule has 17 heavy (non-hydrogen) atoms. The van der Waals surface area contributed by atoms with Gasteiger partial charge in [0.15, 0.2) is 5.16 Å². The van der Waals surface area contributed by atoms with Crippen LogP contribution in [0.3, 0.4) is 0 Å². The van der Waals surface area contributed by atoms with E-state index in [-0.39, 0.29) is 0 Å². The van der Waals surface area contributed by atoms with Crippen LogP contribution in [0.5, 0.6) is 0 Å². The molecule has 0 aliphatic heterocycles. The third-order valence-corrected chi connectivity index (χ3v) is 3.16. The minimum atomic E-state index is 0.846. The predicted octanol–water partition coefficient (Wildman–Crippen LogP) is 2.74. The third kappa shape index (κ3) is 5.84. The van der Waals surface area contributed by atoms with Crippen molar-refractivity contribution in [2.75, 3.05) is 18.8 Å². The van der Waals surface area contributed by atoms with Gasteiger partial charge < -0.3 is 5.32 Å². The van der Waals surface area contributed by atoms with Gasteiger partial charge in [-0.1, -0.05) is 30.8 Å². The van der Waals surface area contributed by atoms with E-state index in [1.807, 2.05) is 19.9 Å². The maximum atomic E-state index is 4.39. The van der Waals surface area contributed by atoms with E-state index in [1.165, 1.54) is 5.57 Å². The van der Waals surface area contributed by atoms with Crippen molar-refractivity contribution in [3.05, 3.63) is 29.6 Å². The lowest BCUT2D eigenvalue weighted by Crippen LogP contribution is -2.18. The van der Waals surface area contributed by atoms with Gasteiger partial charge in [0.2, 0.25) is 0 Å². The van der Waals surface area contributed by atoms with Crippen molar-refractivity contribution in [3.63, 3.8) is 0 Å². The molecule has 1 aromatic rings. The minimum absolute atomic E-state index is 0.846. The fraction of sp³-hybridized carbons (Fsp3) is 0.538. The van der Waals surface area contributed by atoms with Crippen LogP contribution in [0.1, 0.15) is 24.7 Å². The molecule has 0 saturated heterocycles. The lowest BCUT2D eigenvalue weighted by molar-refractivity contribution is 0.715. The van der Waals surface area contributed by atoms with E-state index in [4.69, 9.17) is 0 Å². The van der Waals surface area contributed by atoms with Crippen molar-refractivity contribution >= 4 is 11.8 Å². The summed E-state index contributed by atoms with van der Waals surface area (Å²) < 4.78 is 0. The number of nitrogens with zero attached hydrogens (tertiary/aromatic N) is 2. The predicted molar refractivity (Wildman–Crippen MR) is 74.5 cm³/mol. The molecule has 0 unspecified atom stereocenters. The zero-order valence-corrected chi connectivity index (χ0v) is 11.7. The number of hydrogen-bond acceptors (Lipinski definition) is 4. The molecule has 0 spiro atoms. The molecule has 0 bridgehead atoms. The highest BCUT2D eigenvalue weighted by Gasteiger charge is 2.02. The number of rotatable bonds is 7. The summed E-state index contributed by atoms with van der Waals surface area (Å²) in [4.78, 5) is 8.79. The molecule has 0 atom stereocenters. The van der Waals surface area contributed by atoms with Crippen molar-refractivity contribution in [3.8, 4) is 0 Å². The van der Waals surface area contributed by atoms with Crippen LogP contribution >= 0.6 is 11.8 Å². The van der Waals surface area contributed by atoms with E-state index in [1.54, 1.807) is 11.8 Å². The quantitative estimate of drug-likeness (QED) is 0.350. The second-order valence-electron chi connectivity index (χ2n) is 4.15. The summed E-state index contributed by atoms with van der Waals surface area (Å²) >= 11 is 1.65. The summed E-state index contributed by atoms with van der Waals surface area (Å²) in [7, 11) is 0. The number of hydrogen-bond donors (Lipinski definition) is 1. The Morgan fingerprint density at radius 1 is 1.35 bits per heavy atom. The Morgan fingerprint density at radius 2 is 2.00 bits per heavy atom. The lowest BCUT2D eigenvalue weighted by Gasteiger charge is -2.06. The van der Waals surface area contributed by atoms with Crippen LogP contribution < -0.4 is 5.32 Å². The molecule has 1 aromatic heterocycles. The number of nitrogens with one attached hydrogen (secondary N) is 1. The highest BCUT2D eigenvalue weighted by atomic mass is 32.2. The van der Waals surface area contributed by atoms with Gasteiger partial charge in [0.05, 0.1) is 0 Å². The standard InChI is InChI=1S/C13H21N3S/c1-5-6-14-8-10(2)9-17-13-15-11(3)7-12(4)16-13/h7,14H,2,5-6,8-9H2,1,3-4H3. The summed E-state index contributed by atoms with van der Waals surface area (Å²) in [6, 6.07) is 1.99. The second-order valence-corrected chi connectivity index (χ2v) is 5.09. The number of aromatic nitrogens is 2. The van der Waals surface area contributed by atoms with Gasteiger partial charge in [-0.2, -0.15) is 0 Å². The Morgan fingerprint density at radius 3 is 2.59 bits per heavy atom. The molecule has 1 rings (SSSR count). The molecule has 0 saturated carbocycles. The van der Waals surface area contributed by atoms with Crippen molar-refractivity contribution in [1.29, 1.82) is 0 Å². The first-order valence-corrected chi connectivity index (χ1v) is 6.93. The van der Waals surface area contributed by atoms with Gasteiger partial charge in [0.1, 0.15) is 0 Å². The molecular weight excluding hydrogens is 230 g/mol. The average Bonchev–Trinajstić information content (AvgIpc) is 2.25. The molecule has 0 aromatic carbocycles. The van der Waals surface area contributed by atoms with Gasteiger partial charge in [-0.05, 0) is 32.9 Å². The van der Waals surface area contributed by atoms with E-state index in [0.29, 0.717) is 0 Å². The van der Waals surface area contributed by atoms with E-state index < -0.39 is 0 Å². The fourth-order valence-corrected chi connectivity index (χ4v) is 2.27. The van der Waals surface area contributed by atoms with Crippen molar-refractivity contribution < 1.29 is 0 Å². The summed E-state index contributed by atoms with van der Waals surface area (Å²) in [6.07, 6.45) is 1.15. The average molecular weight is 251 g/mol. The zero-order valence-electron chi connectivity index (χ0n) is 10.9. The lowest BCUT2D eigenvalue weighted by atomic mass is 10.3. The maximum absolute atomic E-state index is 4.39. The first-order chi connectivity index (χ1) is 8.11. The molecule has 0 aliphatic carbocycles. The SMILES string of the molecule is C=C(CNCCC)CSc1nc(C)cc(C)n1. The van der Waals surface area contributed by atoms with Crippen LogP contribution in [-0.4, -0.2) is 28.8 Å². The second kappa shape index (κ2) is 7.45. The molecule has 0 radical (unpaired) electrons. The van der Waals surface area contributed by atoms with E-state index in [9.17, 15) is 0 Å². The Bertz CT molecular complexity index is 357. The van der Waals surface area contributed by atoms with Gasteiger partial charge in [0.25, 0.3) is 0 Å². The van der Waals surface area contributed by atoms with Crippen LogP contribution in [0.15, 0.2) is 23.4 Å². The molecule has 0 fully saturated rings. The van der Waals surface area contributed by atoms with E-state index >= 15 is 0 Å². The van der Waals surface area contributed by atoms with E-state index in [2.05, 4.69) is 28.8 Å². The first kappa shape index (κ1) is 14.2. The largest absolute Gasteiger partial charge is 0.313 e. The van der Waals surface area contributed by atoms with Gasteiger partial charge >= 0.3 is 0 Å². The maximum Gasteiger partial charge on any atom is 0.188 e. The van der Waals surface area contributed by atoms with Crippen LogP contribution in [0, 0.1) is 13.8 Å². The van der Waals surface area contributed by atoms with Gasteiger partial charge in [-0.15, -0.1) is 0 Å². The van der Waals surface area contributed by atoms with E-state index in [0.717, 1.165) is 41.8 Å². The van der Waals surface area contributed by atoms with Crippen LogP contribution in [0.4, 0.5) is 0 Å². The van der Waals surface area contributed by atoms with Crippen LogP contribution in [0.2, 0.25) is 0 Å². The molecule has 0 amide bonds. The Labute approximate surface area is 108 Å². The van der Waals surface area contributed by atoms with Gasteiger partial charge in [0, 0.05) is 23.7 Å². The normalized spacial score (nSPS) is 10.5. The van der Waals surface area contributed by atoms with Gasteiger partial charge in [-0.25, -0.2) is 9.97 Å². The molecule has 1 heterocycles. The molecule has 0 aliphatic rings. The molecule has 4 heteroatoms. The molecule has 3 nitrogen and oxygen atoms in total. The summed E-state index contributed by atoms with van der Waals surface area (Å²) in [6.45, 7) is 12.1. The number of aryl methyl sites for hydroxylation is 2. The van der Waals surface area contributed by atoms with Gasteiger partial charge in [-0.3, -0.25) is 0 Å². The van der Waals surface area contributed by atoms with Crippen LogP contribution in [0.25, 0.3) is 0 Å². The monoisotopic (exact) mass is 251 g/mol. The highest BCUT2D eigenvalue weighted by Crippen LogP contribution is 2.16.